The Labute approximate surface area is 106 Å². The van der Waals surface area contributed by atoms with E-state index in [2.05, 4.69) is 5.32 Å². The number of benzene rings is 1. The average molecular weight is 260 g/mol. The number of aliphatic hydroxyl groups is 1. The molecule has 0 spiro atoms. The van der Waals surface area contributed by atoms with Gasteiger partial charge in [-0.2, -0.15) is 0 Å². The van der Waals surface area contributed by atoms with Crippen LogP contribution in [0, 0.1) is 5.41 Å². The van der Waals surface area contributed by atoms with E-state index in [0.29, 0.717) is 10.0 Å². The minimum absolute atomic E-state index is 0.138. The van der Waals surface area contributed by atoms with Gasteiger partial charge in [0.2, 0.25) is 0 Å². The summed E-state index contributed by atoms with van der Waals surface area (Å²) in [6, 6.07) is 5.51. The second-order valence-corrected chi connectivity index (χ2v) is 5.34. The topological polar surface area (TPSA) is 32.3 Å². The Hall–Kier alpha value is -0.280. The zero-order valence-electron chi connectivity index (χ0n) is 8.97. The fraction of sp³-hybridized carbons (Fsp3) is 0.500. The fourth-order valence-electron chi connectivity index (χ4n) is 1.69. The first-order chi connectivity index (χ1) is 7.65. The molecule has 16 heavy (non-hydrogen) atoms. The lowest BCUT2D eigenvalue weighted by Gasteiger charge is -2.13. The van der Waals surface area contributed by atoms with Crippen molar-refractivity contribution in [3.05, 3.63) is 33.8 Å². The van der Waals surface area contributed by atoms with Crippen molar-refractivity contribution >= 4 is 23.2 Å². The summed E-state index contributed by atoms with van der Waals surface area (Å²) in [6.45, 7) is 1.84. The third-order valence-electron chi connectivity index (χ3n) is 3.12. The molecule has 88 valence electrons. The lowest BCUT2D eigenvalue weighted by Crippen LogP contribution is -2.26. The van der Waals surface area contributed by atoms with E-state index in [9.17, 15) is 0 Å². The van der Waals surface area contributed by atoms with Gasteiger partial charge < -0.3 is 10.4 Å². The van der Waals surface area contributed by atoms with Crippen LogP contribution in [0.1, 0.15) is 18.4 Å². The zero-order valence-corrected chi connectivity index (χ0v) is 10.5. The SMILES string of the molecule is OCC1(CNCc2ccc(Cl)cc2Cl)CC1. The van der Waals surface area contributed by atoms with E-state index < -0.39 is 0 Å². The van der Waals surface area contributed by atoms with Gasteiger partial charge in [-0.15, -0.1) is 0 Å². The molecule has 0 atom stereocenters. The van der Waals surface area contributed by atoms with Crippen molar-refractivity contribution in [2.75, 3.05) is 13.2 Å². The van der Waals surface area contributed by atoms with Gasteiger partial charge in [-0.1, -0.05) is 29.3 Å². The smallest absolute Gasteiger partial charge is 0.0499 e. The van der Waals surface area contributed by atoms with E-state index in [1.807, 2.05) is 12.1 Å². The molecule has 2 N–H and O–H groups in total. The fourth-order valence-corrected chi connectivity index (χ4v) is 2.17. The van der Waals surface area contributed by atoms with E-state index in [4.69, 9.17) is 28.3 Å². The molecule has 0 unspecified atom stereocenters. The van der Waals surface area contributed by atoms with Crippen LogP contribution in [0.3, 0.4) is 0 Å². The highest BCUT2D eigenvalue weighted by molar-refractivity contribution is 6.35. The molecule has 0 heterocycles. The zero-order chi connectivity index (χ0) is 11.6. The molecule has 1 aliphatic rings. The summed E-state index contributed by atoms with van der Waals surface area (Å²) in [5.41, 5.74) is 1.18. The molecule has 0 saturated heterocycles. The maximum atomic E-state index is 9.16. The molecule has 0 aromatic heterocycles. The highest BCUT2D eigenvalue weighted by Crippen LogP contribution is 2.44. The van der Waals surface area contributed by atoms with Crippen LogP contribution in [0.2, 0.25) is 10.0 Å². The van der Waals surface area contributed by atoms with E-state index in [-0.39, 0.29) is 12.0 Å². The van der Waals surface area contributed by atoms with Gasteiger partial charge in [-0.25, -0.2) is 0 Å². The number of hydrogen-bond donors (Lipinski definition) is 2. The van der Waals surface area contributed by atoms with Crippen LogP contribution >= 0.6 is 23.2 Å². The monoisotopic (exact) mass is 259 g/mol. The molecule has 1 aromatic rings. The van der Waals surface area contributed by atoms with Crippen molar-refractivity contribution in [3.8, 4) is 0 Å². The Bertz CT molecular complexity index is 377. The quantitative estimate of drug-likeness (QED) is 0.853. The highest BCUT2D eigenvalue weighted by atomic mass is 35.5. The van der Waals surface area contributed by atoms with Crippen LogP contribution < -0.4 is 5.32 Å². The van der Waals surface area contributed by atoms with Crippen LogP contribution in [0.5, 0.6) is 0 Å². The largest absolute Gasteiger partial charge is 0.396 e. The Kier molecular flexibility index (Phi) is 3.75. The lowest BCUT2D eigenvalue weighted by molar-refractivity contribution is 0.207. The van der Waals surface area contributed by atoms with Gasteiger partial charge in [-0.05, 0) is 30.5 Å². The van der Waals surface area contributed by atoms with Gasteiger partial charge in [0, 0.05) is 35.2 Å². The maximum absolute atomic E-state index is 9.16. The third kappa shape index (κ3) is 2.89. The van der Waals surface area contributed by atoms with Gasteiger partial charge in [0.25, 0.3) is 0 Å². The average Bonchev–Trinajstić information content (AvgIpc) is 3.02. The summed E-state index contributed by atoms with van der Waals surface area (Å²) >= 11 is 11.9. The second-order valence-electron chi connectivity index (χ2n) is 4.50. The van der Waals surface area contributed by atoms with Crippen LogP contribution in [0.4, 0.5) is 0 Å². The molecule has 0 amide bonds. The molecule has 2 rings (SSSR count). The first kappa shape index (κ1) is 12.2. The third-order valence-corrected chi connectivity index (χ3v) is 3.71. The molecule has 1 aromatic carbocycles. The second kappa shape index (κ2) is 4.92. The molecule has 0 radical (unpaired) electrons. The van der Waals surface area contributed by atoms with Gasteiger partial charge in [-0.3, -0.25) is 0 Å². The molecule has 1 aliphatic carbocycles. The van der Waals surface area contributed by atoms with Crippen molar-refractivity contribution in [1.29, 1.82) is 0 Å². The standard InChI is InChI=1S/C12H15Cl2NO/c13-10-2-1-9(11(14)5-10)6-15-7-12(8-16)3-4-12/h1-2,5,15-16H,3-4,6-8H2. The minimum Gasteiger partial charge on any atom is -0.396 e. The molecule has 4 heteroatoms. The predicted molar refractivity (Wildman–Crippen MR) is 66.9 cm³/mol. The van der Waals surface area contributed by atoms with Gasteiger partial charge in [0.05, 0.1) is 0 Å². The molecule has 0 aliphatic heterocycles. The Morgan fingerprint density at radius 2 is 2.06 bits per heavy atom. The van der Waals surface area contributed by atoms with Crippen molar-refractivity contribution in [1.82, 2.24) is 5.32 Å². The van der Waals surface area contributed by atoms with E-state index in [1.54, 1.807) is 6.07 Å². The van der Waals surface area contributed by atoms with Gasteiger partial charge in [0.15, 0.2) is 0 Å². The summed E-state index contributed by atoms with van der Waals surface area (Å²) in [5.74, 6) is 0. The maximum Gasteiger partial charge on any atom is 0.0499 e. The number of aliphatic hydroxyl groups excluding tert-OH is 1. The number of nitrogens with one attached hydrogen (secondary N) is 1. The summed E-state index contributed by atoms with van der Waals surface area (Å²) in [6.07, 6.45) is 2.23. The molecule has 0 bridgehead atoms. The Morgan fingerprint density at radius 3 is 2.62 bits per heavy atom. The number of hydrogen-bond acceptors (Lipinski definition) is 2. The lowest BCUT2D eigenvalue weighted by atomic mass is 10.1. The van der Waals surface area contributed by atoms with Crippen LogP contribution in [-0.4, -0.2) is 18.3 Å². The Morgan fingerprint density at radius 1 is 1.31 bits per heavy atom. The number of rotatable bonds is 5. The summed E-state index contributed by atoms with van der Waals surface area (Å²) in [7, 11) is 0. The molecular formula is C12H15Cl2NO. The van der Waals surface area contributed by atoms with E-state index in [0.717, 1.165) is 31.5 Å². The summed E-state index contributed by atoms with van der Waals surface area (Å²) in [5, 5.41) is 13.8. The summed E-state index contributed by atoms with van der Waals surface area (Å²) in [4.78, 5) is 0. The van der Waals surface area contributed by atoms with Gasteiger partial charge in [0.1, 0.15) is 0 Å². The van der Waals surface area contributed by atoms with Crippen LogP contribution in [0.15, 0.2) is 18.2 Å². The van der Waals surface area contributed by atoms with Gasteiger partial charge >= 0.3 is 0 Å². The molecule has 1 fully saturated rings. The van der Waals surface area contributed by atoms with Crippen molar-refractivity contribution in [3.63, 3.8) is 0 Å². The first-order valence-corrected chi connectivity index (χ1v) is 6.16. The van der Waals surface area contributed by atoms with E-state index >= 15 is 0 Å². The van der Waals surface area contributed by atoms with Crippen molar-refractivity contribution < 1.29 is 5.11 Å². The summed E-state index contributed by atoms with van der Waals surface area (Å²) < 4.78 is 0. The predicted octanol–water partition coefficient (Wildman–Crippen LogP) is 2.86. The Balaban J connectivity index is 1.85. The highest BCUT2D eigenvalue weighted by Gasteiger charge is 2.41. The molecule has 1 saturated carbocycles. The first-order valence-electron chi connectivity index (χ1n) is 5.41. The number of halogens is 2. The van der Waals surface area contributed by atoms with Crippen molar-refractivity contribution in [2.45, 2.75) is 19.4 Å². The molecule has 2 nitrogen and oxygen atoms in total. The van der Waals surface area contributed by atoms with Crippen LogP contribution in [-0.2, 0) is 6.54 Å². The van der Waals surface area contributed by atoms with Crippen molar-refractivity contribution in [2.24, 2.45) is 5.41 Å². The van der Waals surface area contributed by atoms with E-state index in [1.165, 1.54) is 0 Å². The molecular weight excluding hydrogens is 245 g/mol. The minimum atomic E-state index is 0.138. The van der Waals surface area contributed by atoms with Crippen LogP contribution in [0.25, 0.3) is 0 Å². The normalized spacial score (nSPS) is 17.4.